The molecule has 5 aromatic heterocycles. The average Bonchev–Trinajstić information content (AvgIpc) is 3.06. The summed E-state index contributed by atoms with van der Waals surface area (Å²) in [4.78, 5) is 28.1. The Morgan fingerprint density at radius 3 is 1.12 bits per heavy atom. The van der Waals surface area contributed by atoms with Crippen molar-refractivity contribution in [1.29, 1.82) is 0 Å². The third kappa shape index (κ3) is 18.4. The van der Waals surface area contributed by atoms with Gasteiger partial charge in [0.15, 0.2) is 0 Å². The molecule has 0 saturated heterocycles. The van der Waals surface area contributed by atoms with E-state index >= 15 is 0 Å². The van der Waals surface area contributed by atoms with E-state index in [1.165, 1.54) is 16.7 Å². The van der Waals surface area contributed by atoms with Crippen molar-refractivity contribution in [2.24, 2.45) is 0 Å². The van der Waals surface area contributed by atoms with Crippen molar-refractivity contribution >= 4 is 0 Å². The number of nitrogens with zero attached hydrogens (tertiary/aromatic N) is 7. The number of pyridine rings is 3. The molecule has 7 heteroatoms. The Morgan fingerprint density at radius 1 is 0.320 bits per heavy atom. The minimum absolute atomic E-state index is 0.142. The van der Waals surface area contributed by atoms with E-state index in [0.29, 0.717) is 0 Å². The van der Waals surface area contributed by atoms with Crippen LogP contribution in [0.1, 0.15) is 132 Å². The Bertz CT molecular complexity index is 1270. The lowest BCUT2D eigenvalue weighted by Crippen LogP contribution is -2.12. The van der Waals surface area contributed by atoms with Crippen molar-refractivity contribution in [3.8, 4) is 0 Å². The number of hydrogen-bond donors (Lipinski definition) is 0. The molecule has 0 fully saturated rings. The van der Waals surface area contributed by atoms with Crippen molar-refractivity contribution in [2.75, 3.05) is 0 Å². The normalized spacial score (nSPS) is 11.5. The van der Waals surface area contributed by atoms with Crippen molar-refractivity contribution in [3.63, 3.8) is 0 Å². The minimum Gasteiger partial charge on any atom is -0.265 e. The summed E-state index contributed by atoms with van der Waals surface area (Å²) < 4.78 is 0. The predicted octanol–water partition coefficient (Wildman–Crippen LogP) is 10.7. The van der Waals surface area contributed by atoms with Crippen LogP contribution >= 0.6 is 0 Å². The second-order valence-corrected chi connectivity index (χ2v) is 17.2. The molecule has 0 atom stereocenters. The number of rotatable bonds is 0. The van der Waals surface area contributed by atoms with E-state index in [-0.39, 0.29) is 27.1 Å². The molecule has 0 spiro atoms. The first kappa shape index (κ1) is 43.6. The number of hydrogen-bond acceptors (Lipinski definition) is 7. The Balaban J connectivity index is 0.000000312. The molecule has 7 nitrogen and oxygen atoms in total. The molecule has 0 unspecified atom stereocenters. The Morgan fingerprint density at radius 2 is 0.820 bits per heavy atom. The molecule has 0 aliphatic carbocycles. The first-order chi connectivity index (χ1) is 23.0. The van der Waals surface area contributed by atoms with Crippen LogP contribution in [-0.2, 0) is 27.1 Å². The van der Waals surface area contributed by atoms with Crippen LogP contribution in [-0.4, -0.2) is 34.9 Å². The van der Waals surface area contributed by atoms with Gasteiger partial charge in [-0.05, 0) is 69.3 Å². The predicted molar refractivity (Wildman–Crippen MR) is 210 cm³/mol. The Labute approximate surface area is 304 Å². The molecule has 0 aliphatic heterocycles. The van der Waals surface area contributed by atoms with Crippen LogP contribution in [0.3, 0.4) is 0 Å². The van der Waals surface area contributed by atoms with E-state index in [1.54, 1.807) is 25.0 Å². The second-order valence-electron chi connectivity index (χ2n) is 17.2. The summed E-state index contributed by atoms with van der Waals surface area (Å²) in [6.45, 7) is 32.5. The Hall–Kier alpha value is -4.39. The van der Waals surface area contributed by atoms with Crippen LogP contribution in [0.4, 0.5) is 0 Å². The zero-order chi connectivity index (χ0) is 38.1. The fraction of sp³-hybridized carbons (Fsp3) is 0.465. The SMILES string of the molecule is CC(C)(C)c1ccccn1.CC(C)(C)c1cccnc1.CC(C)(C)c1ccncc1.CC(C)(C)c1ccncn1.CC(C)(C)c1cncnc1. The fourth-order valence-corrected chi connectivity index (χ4v) is 3.89. The smallest absolute Gasteiger partial charge is 0.115 e. The maximum Gasteiger partial charge on any atom is 0.115 e. The van der Waals surface area contributed by atoms with Crippen LogP contribution in [0.2, 0.25) is 0 Å². The van der Waals surface area contributed by atoms with E-state index in [2.05, 4.69) is 163 Å². The van der Waals surface area contributed by atoms with Gasteiger partial charge in [0.2, 0.25) is 0 Å². The van der Waals surface area contributed by atoms with Gasteiger partial charge in [-0.1, -0.05) is 116 Å². The Kier molecular flexibility index (Phi) is 17.2. The minimum atomic E-state index is 0.142. The largest absolute Gasteiger partial charge is 0.265 e. The summed E-state index contributed by atoms with van der Waals surface area (Å²) in [5, 5.41) is 0. The summed E-state index contributed by atoms with van der Waals surface area (Å²) in [5.41, 5.74) is 7.01. The number of aromatic nitrogens is 7. The van der Waals surface area contributed by atoms with Crippen LogP contribution in [0, 0.1) is 0 Å². The molecular formula is C43H63N7. The molecule has 0 aliphatic rings. The lowest BCUT2D eigenvalue weighted by atomic mass is 9.88. The van der Waals surface area contributed by atoms with Crippen LogP contribution < -0.4 is 0 Å². The molecule has 0 saturated carbocycles. The molecule has 0 bridgehead atoms. The van der Waals surface area contributed by atoms with Gasteiger partial charge in [-0.15, -0.1) is 0 Å². The lowest BCUT2D eigenvalue weighted by molar-refractivity contribution is 0.567. The first-order valence-electron chi connectivity index (χ1n) is 17.3. The average molecular weight is 678 g/mol. The van der Waals surface area contributed by atoms with Gasteiger partial charge in [0.1, 0.15) is 12.7 Å². The van der Waals surface area contributed by atoms with Crippen molar-refractivity contribution < 1.29 is 0 Å². The van der Waals surface area contributed by atoms with Gasteiger partial charge in [-0.25, -0.2) is 19.9 Å². The topological polar surface area (TPSA) is 90.2 Å². The summed E-state index contributed by atoms with van der Waals surface area (Å²) >= 11 is 0. The highest BCUT2D eigenvalue weighted by Gasteiger charge is 2.15. The first-order valence-corrected chi connectivity index (χ1v) is 17.3. The summed E-state index contributed by atoms with van der Waals surface area (Å²) in [5.74, 6) is 0. The molecule has 5 heterocycles. The summed E-state index contributed by atoms with van der Waals surface area (Å²) in [6.07, 6.45) is 17.8. The van der Waals surface area contributed by atoms with Crippen molar-refractivity contribution in [3.05, 3.63) is 139 Å². The monoisotopic (exact) mass is 678 g/mol. The summed E-state index contributed by atoms with van der Waals surface area (Å²) in [6, 6.07) is 16.1. The molecule has 50 heavy (non-hydrogen) atoms. The van der Waals surface area contributed by atoms with Crippen LogP contribution in [0.5, 0.6) is 0 Å². The molecule has 0 radical (unpaired) electrons. The van der Waals surface area contributed by atoms with Gasteiger partial charge in [0.05, 0.1) is 0 Å². The highest BCUT2D eigenvalue weighted by Crippen LogP contribution is 2.22. The lowest BCUT2D eigenvalue weighted by Gasteiger charge is -2.17. The molecular weight excluding hydrogens is 615 g/mol. The third-order valence-electron chi connectivity index (χ3n) is 7.28. The third-order valence-corrected chi connectivity index (χ3v) is 7.28. The standard InChI is InChI=1S/3C9H13N.2C8H12N2/c1-9(2,3)8-4-6-10-7-5-8;1-9(2,3)8-5-4-6-10-7-8;1-9(2,3)8-6-4-5-7-10-8;1-8(2,3)7-4-9-6-10-5-7;1-8(2,3)7-4-5-9-6-10-7/h3*4-7H,1-3H3;2*4-6H,1-3H3. The highest BCUT2D eigenvalue weighted by atomic mass is 14.8. The molecule has 0 amide bonds. The van der Waals surface area contributed by atoms with E-state index in [0.717, 1.165) is 11.4 Å². The van der Waals surface area contributed by atoms with Gasteiger partial charge < -0.3 is 0 Å². The second kappa shape index (κ2) is 19.7. The van der Waals surface area contributed by atoms with Gasteiger partial charge in [0.25, 0.3) is 0 Å². The van der Waals surface area contributed by atoms with E-state index in [1.807, 2.05) is 61.4 Å². The van der Waals surface area contributed by atoms with E-state index in [9.17, 15) is 0 Å². The maximum atomic E-state index is 4.25. The van der Waals surface area contributed by atoms with Crippen LogP contribution in [0.25, 0.3) is 0 Å². The van der Waals surface area contributed by atoms with E-state index < -0.39 is 0 Å². The maximum absolute atomic E-state index is 4.25. The van der Waals surface area contributed by atoms with E-state index in [4.69, 9.17) is 0 Å². The molecule has 5 rings (SSSR count). The highest BCUT2D eigenvalue weighted by molar-refractivity contribution is 5.19. The molecule has 5 aromatic rings. The van der Waals surface area contributed by atoms with Crippen molar-refractivity contribution in [2.45, 2.75) is 131 Å². The molecule has 270 valence electrons. The molecule has 0 aromatic carbocycles. The van der Waals surface area contributed by atoms with Crippen molar-refractivity contribution in [1.82, 2.24) is 34.9 Å². The van der Waals surface area contributed by atoms with Gasteiger partial charge >= 0.3 is 0 Å². The zero-order valence-electron chi connectivity index (χ0n) is 33.5. The van der Waals surface area contributed by atoms with Gasteiger partial charge in [-0.3, -0.25) is 15.0 Å². The van der Waals surface area contributed by atoms with Crippen LogP contribution in [0.15, 0.2) is 111 Å². The quantitative estimate of drug-likeness (QED) is 0.161. The van der Waals surface area contributed by atoms with Gasteiger partial charge in [0, 0.05) is 71.8 Å². The zero-order valence-corrected chi connectivity index (χ0v) is 33.5. The summed E-state index contributed by atoms with van der Waals surface area (Å²) in [7, 11) is 0. The molecule has 0 N–H and O–H groups in total. The fourth-order valence-electron chi connectivity index (χ4n) is 3.89. The van der Waals surface area contributed by atoms with Gasteiger partial charge in [-0.2, -0.15) is 0 Å².